The van der Waals surface area contributed by atoms with Gasteiger partial charge < -0.3 is 16.4 Å². The lowest BCUT2D eigenvalue weighted by atomic mass is 9.96. The van der Waals surface area contributed by atoms with Crippen molar-refractivity contribution in [2.75, 3.05) is 11.9 Å². The van der Waals surface area contributed by atoms with Crippen LogP contribution in [0.4, 0.5) is 5.13 Å². The van der Waals surface area contributed by atoms with Gasteiger partial charge in [-0.1, -0.05) is 20.8 Å². The summed E-state index contributed by atoms with van der Waals surface area (Å²) in [4.78, 5) is 27.8. The van der Waals surface area contributed by atoms with E-state index in [4.69, 9.17) is 5.73 Å². The molecule has 0 aliphatic carbocycles. The average molecular weight is 312 g/mol. The van der Waals surface area contributed by atoms with Gasteiger partial charge in [-0.15, -0.1) is 11.3 Å². The van der Waals surface area contributed by atoms with Crippen LogP contribution < -0.4 is 16.4 Å². The van der Waals surface area contributed by atoms with Gasteiger partial charge >= 0.3 is 0 Å². The second-order valence-electron chi connectivity index (χ2n) is 6.79. The maximum Gasteiger partial charge on any atom is 0.231 e. The molecule has 0 aliphatic rings. The number of anilines is 1. The number of carbonyl (C=O) groups excluding carboxylic acids is 2. The third-order valence-electron chi connectivity index (χ3n) is 2.54. The van der Waals surface area contributed by atoms with Gasteiger partial charge in [0.05, 0.1) is 12.1 Å². The quantitative estimate of drug-likeness (QED) is 0.768. The second-order valence-corrected chi connectivity index (χ2v) is 7.65. The first-order valence-corrected chi connectivity index (χ1v) is 7.67. The molecule has 1 heterocycles. The predicted octanol–water partition coefficient (Wildman–Crippen LogP) is 1.52. The molecule has 0 unspecified atom stereocenters. The van der Waals surface area contributed by atoms with E-state index in [2.05, 4.69) is 15.6 Å². The summed E-state index contributed by atoms with van der Waals surface area (Å²) >= 11 is 1.31. The SMILES string of the molecule is CC(C)(N)CNC(=O)Cc1csc(NC(=O)C(C)(C)C)n1. The molecular formula is C14H24N4O2S. The van der Waals surface area contributed by atoms with E-state index in [-0.39, 0.29) is 18.2 Å². The van der Waals surface area contributed by atoms with Crippen LogP contribution in [0.1, 0.15) is 40.3 Å². The van der Waals surface area contributed by atoms with Crippen molar-refractivity contribution in [3.05, 3.63) is 11.1 Å². The zero-order chi connectivity index (χ0) is 16.3. The summed E-state index contributed by atoms with van der Waals surface area (Å²) in [5.41, 5.74) is 5.52. The van der Waals surface area contributed by atoms with Gasteiger partial charge in [-0.05, 0) is 13.8 Å². The van der Waals surface area contributed by atoms with Crippen LogP contribution in [-0.4, -0.2) is 28.9 Å². The normalized spacial score (nSPS) is 12.1. The lowest BCUT2D eigenvalue weighted by Crippen LogP contribution is -2.45. The molecule has 1 aromatic heterocycles. The van der Waals surface area contributed by atoms with E-state index in [1.165, 1.54) is 11.3 Å². The lowest BCUT2D eigenvalue weighted by Gasteiger charge is -2.18. The largest absolute Gasteiger partial charge is 0.354 e. The first kappa shape index (κ1) is 17.6. The average Bonchev–Trinajstić information content (AvgIpc) is 2.71. The first-order valence-electron chi connectivity index (χ1n) is 6.79. The Hall–Kier alpha value is -1.47. The molecule has 2 amide bonds. The van der Waals surface area contributed by atoms with Crippen molar-refractivity contribution in [3.8, 4) is 0 Å². The number of hydrogen-bond donors (Lipinski definition) is 3. The van der Waals surface area contributed by atoms with E-state index in [0.29, 0.717) is 17.4 Å². The molecule has 118 valence electrons. The van der Waals surface area contributed by atoms with E-state index >= 15 is 0 Å². The molecule has 0 saturated carbocycles. The molecular weight excluding hydrogens is 288 g/mol. The zero-order valence-corrected chi connectivity index (χ0v) is 14.1. The van der Waals surface area contributed by atoms with E-state index in [1.54, 1.807) is 5.38 Å². The number of nitrogens with one attached hydrogen (secondary N) is 2. The van der Waals surface area contributed by atoms with Gasteiger partial charge in [0.1, 0.15) is 0 Å². The maximum absolute atomic E-state index is 11.8. The van der Waals surface area contributed by atoms with Gasteiger partial charge in [0.2, 0.25) is 11.8 Å². The van der Waals surface area contributed by atoms with Crippen LogP contribution in [0.2, 0.25) is 0 Å². The number of nitrogens with two attached hydrogens (primary N) is 1. The summed E-state index contributed by atoms with van der Waals surface area (Å²) in [5.74, 6) is -0.231. The second kappa shape index (κ2) is 6.53. The van der Waals surface area contributed by atoms with Crippen LogP contribution >= 0.6 is 11.3 Å². The smallest absolute Gasteiger partial charge is 0.231 e. The molecule has 7 heteroatoms. The Morgan fingerprint density at radius 1 is 1.29 bits per heavy atom. The van der Waals surface area contributed by atoms with Crippen molar-refractivity contribution in [2.45, 2.75) is 46.6 Å². The van der Waals surface area contributed by atoms with Crippen LogP contribution in [-0.2, 0) is 16.0 Å². The minimum atomic E-state index is -0.476. The van der Waals surface area contributed by atoms with Crippen LogP contribution in [0.25, 0.3) is 0 Å². The summed E-state index contributed by atoms with van der Waals surface area (Å²) in [7, 11) is 0. The van der Waals surface area contributed by atoms with Crippen molar-refractivity contribution >= 4 is 28.3 Å². The molecule has 4 N–H and O–H groups in total. The zero-order valence-electron chi connectivity index (χ0n) is 13.2. The van der Waals surface area contributed by atoms with Gasteiger partial charge in [-0.2, -0.15) is 0 Å². The van der Waals surface area contributed by atoms with E-state index in [1.807, 2.05) is 34.6 Å². The third-order valence-corrected chi connectivity index (χ3v) is 3.34. The molecule has 0 aromatic carbocycles. The molecule has 0 spiro atoms. The maximum atomic E-state index is 11.8. The summed E-state index contributed by atoms with van der Waals surface area (Å²) < 4.78 is 0. The number of hydrogen-bond acceptors (Lipinski definition) is 5. The summed E-state index contributed by atoms with van der Waals surface area (Å²) in [6, 6.07) is 0. The van der Waals surface area contributed by atoms with Crippen LogP contribution in [0.15, 0.2) is 5.38 Å². The molecule has 0 radical (unpaired) electrons. The van der Waals surface area contributed by atoms with E-state index in [0.717, 1.165) is 0 Å². The Balaban J connectivity index is 2.52. The van der Waals surface area contributed by atoms with Crippen LogP contribution in [0.3, 0.4) is 0 Å². The Morgan fingerprint density at radius 2 is 1.90 bits per heavy atom. The Morgan fingerprint density at radius 3 is 2.43 bits per heavy atom. The van der Waals surface area contributed by atoms with E-state index in [9.17, 15) is 9.59 Å². The van der Waals surface area contributed by atoms with Gasteiger partial charge in [0.15, 0.2) is 5.13 Å². The van der Waals surface area contributed by atoms with Gasteiger partial charge in [-0.3, -0.25) is 9.59 Å². The predicted molar refractivity (Wildman–Crippen MR) is 85.2 cm³/mol. The van der Waals surface area contributed by atoms with Crippen LogP contribution in [0.5, 0.6) is 0 Å². The summed E-state index contributed by atoms with van der Waals surface area (Å²) in [5, 5.41) is 7.79. The highest BCUT2D eigenvalue weighted by molar-refractivity contribution is 7.13. The van der Waals surface area contributed by atoms with Crippen molar-refractivity contribution in [1.82, 2.24) is 10.3 Å². The molecule has 0 fully saturated rings. The molecule has 1 rings (SSSR count). The fourth-order valence-corrected chi connectivity index (χ4v) is 1.99. The Labute approximate surface area is 129 Å². The minimum Gasteiger partial charge on any atom is -0.354 e. The van der Waals surface area contributed by atoms with E-state index < -0.39 is 11.0 Å². The molecule has 1 aromatic rings. The first-order chi connectivity index (χ1) is 9.47. The molecule has 6 nitrogen and oxygen atoms in total. The molecule has 0 saturated heterocycles. The van der Waals surface area contributed by atoms with Crippen molar-refractivity contribution in [3.63, 3.8) is 0 Å². The monoisotopic (exact) mass is 312 g/mol. The standard InChI is InChI=1S/C14H24N4O2S/c1-13(2,3)11(20)18-12-17-9(7-21-12)6-10(19)16-8-14(4,5)15/h7H,6,8,15H2,1-5H3,(H,16,19)(H,17,18,20). The summed E-state index contributed by atoms with van der Waals surface area (Å²) in [6.45, 7) is 9.59. The number of nitrogens with zero attached hydrogens (tertiary/aromatic N) is 1. The fraction of sp³-hybridized carbons (Fsp3) is 0.643. The number of thiazole rings is 1. The topological polar surface area (TPSA) is 97.1 Å². The molecule has 0 atom stereocenters. The molecule has 21 heavy (non-hydrogen) atoms. The molecule has 0 aliphatic heterocycles. The Bertz CT molecular complexity index is 512. The number of amides is 2. The highest BCUT2D eigenvalue weighted by atomic mass is 32.1. The highest BCUT2D eigenvalue weighted by Gasteiger charge is 2.22. The van der Waals surface area contributed by atoms with Crippen molar-refractivity contribution in [2.24, 2.45) is 11.1 Å². The van der Waals surface area contributed by atoms with Crippen molar-refractivity contribution < 1.29 is 9.59 Å². The van der Waals surface area contributed by atoms with Gasteiger partial charge in [0, 0.05) is 22.9 Å². The minimum absolute atomic E-state index is 0.0993. The summed E-state index contributed by atoms with van der Waals surface area (Å²) in [6.07, 6.45) is 0.179. The highest BCUT2D eigenvalue weighted by Crippen LogP contribution is 2.20. The number of aromatic nitrogens is 1. The lowest BCUT2D eigenvalue weighted by molar-refractivity contribution is -0.123. The van der Waals surface area contributed by atoms with Crippen molar-refractivity contribution in [1.29, 1.82) is 0 Å². The van der Waals surface area contributed by atoms with Gasteiger partial charge in [-0.25, -0.2) is 4.98 Å². The third kappa shape index (κ3) is 6.68. The molecule has 0 bridgehead atoms. The van der Waals surface area contributed by atoms with Gasteiger partial charge in [0.25, 0.3) is 0 Å². The number of rotatable bonds is 5. The number of carbonyl (C=O) groups is 2. The van der Waals surface area contributed by atoms with Crippen LogP contribution in [0, 0.1) is 5.41 Å². The fourth-order valence-electron chi connectivity index (χ4n) is 1.28. The Kier molecular flexibility index (Phi) is 5.47.